The topological polar surface area (TPSA) is 84.7 Å². The van der Waals surface area contributed by atoms with E-state index >= 15 is 0 Å². The average Bonchev–Trinajstić information content (AvgIpc) is 2.55. The third kappa shape index (κ3) is 5.93. The molecule has 2 aromatic carbocycles. The monoisotopic (exact) mass is 341 g/mol. The number of hydrogen-bond acceptors (Lipinski definition) is 4. The molecule has 0 unspecified atom stereocenters. The second-order valence-corrected chi connectivity index (χ2v) is 5.86. The van der Waals surface area contributed by atoms with Gasteiger partial charge in [0.15, 0.2) is 0 Å². The van der Waals surface area contributed by atoms with Crippen LogP contribution in [0.15, 0.2) is 48.5 Å². The van der Waals surface area contributed by atoms with Crippen LogP contribution in [0, 0.1) is 6.92 Å². The molecule has 0 spiro atoms. The number of amides is 2. The summed E-state index contributed by atoms with van der Waals surface area (Å²) in [6, 6.07) is 14.5. The molecule has 0 aliphatic carbocycles. The molecule has 0 saturated carbocycles. The lowest BCUT2D eigenvalue weighted by Crippen LogP contribution is -2.33. The highest BCUT2D eigenvalue weighted by Crippen LogP contribution is 2.14. The van der Waals surface area contributed by atoms with E-state index in [4.69, 9.17) is 10.5 Å². The van der Waals surface area contributed by atoms with E-state index in [1.54, 1.807) is 24.3 Å². The number of carbonyl (C=O) groups excluding carboxylic acids is 2. The van der Waals surface area contributed by atoms with Crippen molar-refractivity contribution in [1.82, 2.24) is 4.90 Å². The van der Waals surface area contributed by atoms with Gasteiger partial charge in [-0.1, -0.05) is 24.3 Å². The van der Waals surface area contributed by atoms with Crippen molar-refractivity contribution >= 4 is 17.5 Å². The Morgan fingerprint density at radius 2 is 1.92 bits per heavy atom. The Kier molecular flexibility index (Phi) is 6.54. The van der Waals surface area contributed by atoms with E-state index in [1.165, 1.54) is 0 Å². The maximum absolute atomic E-state index is 12.1. The normalized spacial score (nSPS) is 10.5. The molecule has 0 fully saturated rings. The smallest absolute Gasteiger partial charge is 0.250 e. The van der Waals surface area contributed by atoms with Crippen molar-refractivity contribution in [1.29, 1.82) is 0 Å². The molecular formula is C19H23N3O3. The van der Waals surface area contributed by atoms with E-state index in [0.29, 0.717) is 24.4 Å². The molecule has 132 valence electrons. The molecular weight excluding hydrogens is 318 g/mol. The van der Waals surface area contributed by atoms with Gasteiger partial charge >= 0.3 is 0 Å². The molecule has 0 bridgehead atoms. The average molecular weight is 341 g/mol. The zero-order valence-corrected chi connectivity index (χ0v) is 14.5. The van der Waals surface area contributed by atoms with Crippen LogP contribution in [0.25, 0.3) is 0 Å². The Balaban J connectivity index is 1.79. The largest absolute Gasteiger partial charge is 0.492 e. The number of primary amides is 1. The third-order valence-electron chi connectivity index (χ3n) is 3.61. The fourth-order valence-corrected chi connectivity index (χ4v) is 2.35. The number of benzene rings is 2. The Hall–Kier alpha value is -2.86. The number of nitrogens with one attached hydrogen (secondary N) is 1. The summed E-state index contributed by atoms with van der Waals surface area (Å²) in [5.74, 6) is 0.0239. The van der Waals surface area contributed by atoms with E-state index in [-0.39, 0.29) is 12.5 Å². The lowest BCUT2D eigenvalue weighted by atomic mass is 10.1. The zero-order valence-electron chi connectivity index (χ0n) is 14.5. The maximum atomic E-state index is 12.1. The highest BCUT2D eigenvalue weighted by atomic mass is 16.5. The van der Waals surface area contributed by atoms with Crippen LogP contribution in [0.3, 0.4) is 0 Å². The van der Waals surface area contributed by atoms with Gasteiger partial charge in [-0.25, -0.2) is 0 Å². The zero-order chi connectivity index (χ0) is 18.2. The van der Waals surface area contributed by atoms with Crippen molar-refractivity contribution in [3.05, 3.63) is 59.7 Å². The van der Waals surface area contributed by atoms with E-state index in [2.05, 4.69) is 5.32 Å². The van der Waals surface area contributed by atoms with Gasteiger partial charge in [0.05, 0.1) is 17.8 Å². The van der Waals surface area contributed by atoms with E-state index in [0.717, 1.165) is 11.3 Å². The van der Waals surface area contributed by atoms with E-state index < -0.39 is 5.91 Å². The molecule has 0 saturated heterocycles. The summed E-state index contributed by atoms with van der Waals surface area (Å²) in [6.07, 6.45) is 0. The Labute approximate surface area is 147 Å². The first kappa shape index (κ1) is 18.5. The SMILES string of the molecule is Cc1cccc(OCCN(C)CC(=O)Nc2ccccc2C(N)=O)c1. The van der Waals surface area contributed by atoms with Crippen molar-refractivity contribution in [2.75, 3.05) is 32.1 Å². The van der Waals surface area contributed by atoms with Crippen molar-refractivity contribution in [2.45, 2.75) is 6.92 Å². The number of aryl methyl sites for hydroxylation is 1. The van der Waals surface area contributed by atoms with Gasteiger partial charge in [-0.15, -0.1) is 0 Å². The first-order chi connectivity index (χ1) is 12.0. The Bertz CT molecular complexity index is 746. The lowest BCUT2D eigenvalue weighted by molar-refractivity contribution is -0.117. The van der Waals surface area contributed by atoms with Crippen LogP contribution in [-0.4, -0.2) is 43.5 Å². The standard InChI is InChI=1S/C19H23N3O3/c1-14-6-5-7-15(12-14)25-11-10-22(2)13-18(23)21-17-9-4-3-8-16(17)19(20)24/h3-9,12H,10-11,13H2,1-2H3,(H2,20,24)(H,21,23). The second kappa shape index (κ2) is 8.84. The van der Waals surface area contributed by atoms with Crippen LogP contribution in [0.4, 0.5) is 5.69 Å². The van der Waals surface area contributed by atoms with Gasteiger partial charge in [-0.2, -0.15) is 0 Å². The first-order valence-corrected chi connectivity index (χ1v) is 8.02. The fourth-order valence-electron chi connectivity index (χ4n) is 2.35. The van der Waals surface area contributed by atoms with Gasteiger partial charge < -0.3 is 15.8 Å². The summed E-state index contributed by atoms with van der Waals surface area (Å²) in [4.78, 5) is 25.3. The summed E-state index contributed by atoms with van der Waals surface area (Å²) >= 11 is 0. The van der Waals surface area contributed by atoms with Crippen LogP contribution >= 0.6 is 0 Å². The Morgan fingerprint density at radius 3 is 2.64 bits per heavy atom. The maximum Gasteiger partial charge on any atom is 0.250 e. The lowest BCUT2D eigenvalue weighted by Gasteiger charge is -2.17. The van der Waals surface area contributed by atoms with Gasteiger partial charge in [-0.05, 0) is 43.8 Å². The predicted octanol–water partition coefficient (Wildman–Crippen LogP) is 2.04. The molecule has 2 aromatic rings. The number of ether oxygens (including phenoxy) is 1. The molecule has 3 N–H and O–H groups in total. The molecule has 6 nitrogen and oxygen atoms in total. The minimum absolute atomic E-state index is 0.185. The van der Waals surface area contributed by atoms with Crippen LogP contribution < -0.4 is 15.8 Å². The van der Waals surface area contributed by atoms with Crippen molar-refractivity contribution in [3.63, 3.8) is 0 Å². The van der Waals surface area contributed by atoms with Gasteiger partial charge in [0.25, 0.3) is 5.91 Å². The number of carbonyl (C=O) groups is 2. The number of nitrogens with two attached hydrogens (primary N) is 1. The molecule has 0 aliphatic heterocycles. The summed E-state index contributed by atoms with van der Waals surface area (Å²) in [7, 11) is 1.83. The second-order valence-electron chi connectivity index (χ2n) is 5.86. The fraction of sp³-hybridized carbons (Fsp3) is 0.263. The molecule has 0 radical (unpaired) electrons. The number of anilines is 1. The number of hydrogen-bond donors (Lipinski definition) is 2. The number of rotatable bonds is 8. The molecule has 2 rings (SSSR count). The number of likely N-dealkylation sites (N-methyl/N-ethyl adjacent to an activating group) is 1. The Morgan fingerprint density at radius 1 is 1.16 bits per heavy atom. The molecule has 0 aliphatic rings. The van der Waals surface area contributed by atoms with Gasteiger partial charge in [0.2, 0.25) is 5.91 Å². The van der Waals surface area contributed by atoms with Crippen molar-refractivity contribution in [3.8, 4) is 5.75 Å². The van der Waals surface area contributed by atoms with Gasteiger partial charge in [0, 0.05) is 6.54 Å². The van der Waals surface area contributed by atoms with Crippen LogP contribution in [0.5, 0.6) is 5.75 Å². The van der Waals surface area contributed by atoms with Crippen LogP contribution in [0.2, 0.25) is 0 Å². The summed E-state index contributed by atoms with van der Waals surface area (Å²) in [6.45, 7) is 3.27. The molecule has 25 heavy (non-hydrogen) atoms. The summed E-state index contributed by atoms with van der Waals surface area (Å²) in [5, 5.41) is 2.72. The van der Waals surface area contributed by atoms with Gasteiger partial charge in [0.1, 0.15) is 12.4 Å². The minimum Gasteiger partial charge on any atom is -0.492 e. The van der Waals surface area contributed by atoms with E-state index in [9.17, 15) is 9.59 Å². The number of nitrogens with zero attached hydrogens (tertiary/aromatic N) is 1. The third-order valence-corrected chi connectivity index (χ3v) is 3.61. The summed E-state index contributed by atoms with van der Waals surface area (Å²) in [5.41, 5.74) is 7.16. The molecule has 0 heterocycles. The molecule has 0 atom stereocenters. The van der Waals surface area contributed by atoms with Gasteiger partial charge in [-0.3, -0.25) is 14.5 Å². The number of para-hydroxylation sites is 1. The van der Waals surface area contributed by atoms with Crippen molar-refractivity contribution in [2.24, 2.45) is 5.73 Å². The van der Waals surface area contributed by atoms with Crippen LogP contribution in [-0.2, 0) is 4.79 Å². The van der Waals surface area contributed by atoms with E-state index in [1.807, 2.05) is 43.1 Å². The van der Waals surface area contributed by atoms with Crippen LogP contribution in [0.1, 0.15) is 15.9 Å². The predicted molar refractivity (Wildman–Crippen MR) is 97.8 cm³/mol. The first-order valence-electron chi connectivity index (χ1n) is 8.02. The highest BCUT2D eigenvalue weighted by Gasteiger charge is 2.12. The molecule has 2 amide bonds. The highest BCUT2D eigenvalue weighted by molar-refractivity contribution is 6.03. The minimum atomic E-state index is -0.573. The quantitative estimate of drug-likeness (QED) is 0.769. The molecule has 6 heteroatoms. The molecule has 0 aromatic heterocycles. The summed E-state index contributed by atoms with van der Waals surface area (Å²) < 4.78 is 5.67. The van der Waals surface area contributed by atoms with Crippen molar-refractivity contribution < 1.29 is 14.3 Å².